The predicted molar refractivity (Wildman–Crippen MR) is 131 cm³/mol. The smallest absolute Gasteiger partial charge is 0.260 e. The topological polar surface area (TPSA) is 42.4 Å². The fourth-order valence-electron chi connectivity index (χ4n) is 3.20. The molecule has 0 aliphatic rings. The van der Waals surface area contributed by atoms with E-state index in [9.17, 15) is 4.79 Å². The number of unbranched alkanes of at least 4 members (excludes halogenated alkanes) is 1. The van der Waals surface area contributed by atoms with Crippen molar-refractivity contribution in [2.75, 3.05) is 11.5 Å². The molecule has 0 unspecified atom stereocenters. The van der Waals surface area contributed by atoms with Crippen LogP contribution < -0.4 is 9.64 Å². The lowest BCUT2D eigenvalue weighted by molar-refractivity contribution is 0.0984. The lowest BCUT2D eigenvalue weighted by Crippen LogP contribution is -2.30. The molecular weight excluding hydrogens is 472 g/mol. The molecule has 0 saturated carbocycles. The molecule has 1 aromatic heterocycles. The number of carbonyl (C=O) groups excluding carboxylic acids is 1. The van der Waals surface area contributed by atoms with Crippen molar-refractivity contribution in [3.05, 3.63) is 88.4 Å². The molecule has 158 valence electrons. The second-order valence-electron chi connectivity index (χ2n) is 7.22. The van der Waals surface area contributed by atoms with Crippen molar-refractivity contribution in [3.63, 3.8) is 0 Å². The third kappa shape index (κ3) is 5.32. The summed E-state index contributed by atoms with van der Waals surface area (Å²) >= 11 is 5.03. The largest absolute Gasteiger partial charge is 0.494 e. The van der Waals surface area contributed by atoms with Crippen molar-refractivity contribution < 1.29 is 9.53 Å². The zero-order chi connectivity index (χ0) is 21.6. The summed E-state index contributed by atoms with van der Waals surface area (Å²) < 4.78 is 7.84. The van der Waals surface area contributed by atoms with Gasteiger partial charge in [0.05, 0.1) is 23.4 Å². The van der Waals surface area contributed by atoms with Gasteiger partial charge in [0.2, 0.25) is 0 Å². The highest BCUT2D eigenvalue weighted by Crippen LogP contribution is 2.32. The molecule has 3 aromatic carbocycles. The standard InChI is InChI=1S/C25H23BrN2O2S/c1-2-3-14-30-21-11-7-10-19(15-21)24(29)28(17-18-8-5-4-6-9-18)25-27-22-13-12-20(26)16-23(22)31-25/h4-13,15-16H,2-3,14,17H2,1H3. The van der Waals surface area contributed by atoms with Crippen LogP contribution in [0, 0.1) is 0 Å². The lowest BCUT2D eigenvalue weighted by atomic mass is 10.1. The number of ether oxygens (including phenoxy) is 1. The van der Waals surface area contributed by atoms with Crippen molar-refractivity contribution >= 4 is 48.5 Å². The molecule has 4 nitrogen and oxygen atoms in total. The number of aromatic nitrogens is 1. The van der Waals surface area contributed by atoms with Gasteiger partial charge in [-0.2, -0.15) is 0 Å². The minimum atomic E-state index is -0.0945. The van der Waals surface area contributed by atoms with Crippen LogP contribution in [-0.4, -0.2) is 17.5 Å². The van der Waals surface area contributed by atoms with Crippen LogP contribution in [0.3, 0.4) is 0 Å². The molecule has 0 radical (unpaired) electrons. The molecule has 0 spiro atoms. The van der Waals surface area contributed by atoms with Gasteiger partial charge in [-0.3, -0.25) is 9.69 Å². The number of hydrogen-bond donors (Lipinski definition) is 0. The molecule has 0 aliphatic carbocycles. The van der Waals surface area contributed by atoms with Crippen LogP contribution in [0.15, 0.2) is 77.3 Å². The first-order valence-electron chi connectivity index (χ1n) is 10.3. The first-order chi connectivity index (χ1) is 15.1. The second kappa shape index (κ2) is 10.1. The van der Waals surface area contributed by atoms with Crippen LogP contribution in [0.25, 0.3) is 10.2 Å². The highest BCUT2D eigenvalue weighted by molar-refractivity contribution is 9.10. The normalized spacial score (nSPS) is 10.9. The minimum absolute atomic E-state index is 0.0945. The van der Waals surface area contributed by atoms with E-state index in [-0.39, 0.29) is 5.91 Å². The molecule has 0 bridgehead atoms. The maximum atomic E-state index is 13.6. The fourth-order valence-corrected chi connectivity index (χ4v) is 4.72. The van der Waals surface area contributed by atoms with Gasteiger partial charge in [-0.25, -0.2) is 4.98 Å². The first kappa shape index (κ1) is 21.5. The van der Waals surface area contributed by atoms with Gasteiger partial charge in [0.25, 0.3) is 5.91 Å². The van der Waals surface area contributed by atoms with Gasteiger partial charge in [-0.15, -0.1) is 0 Å². The Balaban J connectivity index is 1.68. The van der Waals surface area contributed by atoms with Crippen molar-refractivity contribution in [1.29, 1.82) is 0 Å². The van der Waals surface area contributed by atoms with Gasteiger partial charge in [-0.1, -0.05) is 77.0 Å². The van der Waals surface area contributed by atoms with E-state index < -0.39 is 0 Å². The van der Waals surface area contributed by atoms with Crippen LogP contribution in [0.1, 0.15) is 35.7 Å². The predicted octanol–water partition coefficient (Wildman–Crippen LogP) is 7.08. The average Bonchev–Trinajstić information content (AvgIpc) is 3.21. The fraction of sp³-hybridized carbons (Fsp3) is 0.200. The second-order valence-corrected chi connectivity index (χ2v) is 9.14. The Hall–Kier alpha value is -2.70. The van der Waals surface area contributed by atoms with Crippen LogP contribution in [-0.2, 0) is 6.54 Å². The Morgan fingerprint density at radius 2 is 1.90 bits per heavy atom. The maximum Gasteiger partial charge on any atom is 0.260 e. The molecular formula is C25H23BrN2O2S. The Morgan fingerprint density at radius 3 is 2.71 bits per heavy atom. The van der Waals surface area contributed by atoms with Crippen molar-refractivity contribution in [1.82, 2.24) is 4.98 Å². The SMILES string of the molecule is CCCCOc1cccc(C(=O)N(Cc2ccccc2)c2nc3ccc(Br)cc3s2)c1. The Morgan fingerprint density at radius 1 is 1.06 bits per heavy atom. The number of carbonyl (C=O) groups is 1. The quantitative estimate of drug-likeness (QED) is 0.245. The summed E-state index contributed by atoms with van der Waals surface area (Å²) in [5.41, 5.74) is 2.52. The van der Waals surface area contributed by atoms with E-state index in [2.05, 4.69) is 22.9 Å². The van der Waals surface area contributed by atoms with Crippen molar-refractivity contribution in [2.45, 2.75) is 26.3 Å². The molecule has 4 aromatic rings. The van der Waals surface area contributed by atoms with Gasteiger partial charge in [0.15, 0.2) is 5.13 Å². The summed E-state index contributed by atoms with van der Waals surface area (Å²) in [5.74, 6) is 0.620. The van der Waals surface area contributed by atoms with Gasteiger partial charge in [0, 0.05) is 10.0 Å². The molecule has 1 amide bonds. The van der Waals surface area contributed by atoms with E-state index in [1.807, 2.05) is 72.8 Å². The third-order valence-electron chi connectivity index (χ3n) is 4.85. The van der Waals surface area contributed by atoms with E-state index in [4.69, 9.17) is 9.72 Å². The molecule has 31 heavy (non-hydrogen) atoms. The highest BCUT2D eigenvalue weighted by atomic mass is 79.9. The molecule has 0 aliphatic heterocycles. The van der Waals surface area contributed by atoms with E-state index >= 15 is 0 Å². The molecule has 1 heterocycles. The lowest BCUT2D eigenvalue weighted by Gasteiger charge is -2.20. The molecule has 0 N–H and O–H groups in total. The van der Waals surface area contributed by atoms with E-state index in [0.717, 1.165) is 33.1 Å². The maximum absolute atomic E-state index is 13.6. The number of anilines is 1. The third-order valence-corrected chi connectivity index (χ3v) is 6.38. The van der Waals surface area contributed by atoms with E-state index in [0.29, 0.717) is 29.6 Å². The number of rotatable bonds is 8. The zero-order valence-electron chi connectivity index (χ0n) is 17.3. The minimum Gasteiger partial charge on any atom is -0.494 e. The van der Waals surface area contributed by atoms with E-state index in [1.165, 1.54) is 11.3 Å². The van der Waals surface area contributed by atoms with Crippen molar-refractivity contribution in [2.24, 2.45) is 0 Å². The van der Waals surface area contributed by atoms with Gasteiger partial charge in [-0.05, 0) is 48.4 Å². The van der Waals surface area contributed by atoms with Gasteiger partial charge < -0.3 is 4.74 Å². The van der Waals surface area contributed by atoms with Gasteiger partial charge in [0.1, 0.15) is 5.75 Å². The van der Waals surface area contributed by atoms with Gasteiger partial charge >= 0.3 is 0 Å². The van der Waals surface area contributed by atoms with Crippen LogP contribution >= 0.6 is 27.3 Å². The Bertz CT molecular complexity index is 1180. The number of amides is 1. The van der Waals surface area contributed by atoms with E-state index in [1.54, 1.807) is 4.90 Å². The molecule has 0 atom stereocenters. The molecule has 6 heteroatoms. The van der Waals surface area contributed by atoms with Crippen LogP contribution in [0.5, 0.6) is 5.75 Å². The number of fused-ring (bicyclic) bond motifs is 1. The number of nitrogens with zero attached hydrogens (tertiary/aromatic N) is 2. The number of benzene rings is 3. The summed E-state index contributed by atoms with van der Waals surface area (Å²) in [6.07, 6.45) is 2.05. The first-order valence-corrected chi connectivity index (χ1v) is 11.9. The average molecular weight is 495 g/mol. The molecule has 4 rings (SSSR count). The number of halogens is 1. The summed E-state index contributed by atoms with van der Waals surface area (Å²) in [7, 11) is 0. The Kier molecular flexibility index (Phi) is 6.99. The summed E-state index contributed by atoms with van der Waals surface area (Å²) in [6, 6.07) is 23.4. The van der Waals surface area contributed by atoms with Crippen LogP contribution in [0.4, 0.5) is 5.13 Å². The zero-order valence-corrected chi connectivity index (χ0v) is 19.7. The monoisotopic (exact) mass is 494 g/mol. The summed E-state index contributed by atoms with van der Waals surface area (Å²) in [4.78, 5) is 20.1. The van der Waals surface area contributed by atoms with Crippen molar-refractivity contribution in [3.8, 4) is 5.75 Å². The molecule has 0 fully saturated rings. The Labute approximate surface area is 194 Å². The molecule has 0 saturated heterocycles. The highest BCUT2D eigenvalue weighted by Gasteiger charge is 2.22. The summed E-state index contributed by atoms with van der Waals surface area (Å²) in [5, 5.41) is 0.680. The van der Waals surface area contributed by atoms with Crippen LogP contribution in [0.2, 0.25) is 0 Å². The summed E-state index contributed by atoms with van der Waals surface area (Å²) in [6.45, 7) is 3.22. The number of hydrogen-bond acceptors (Lipinski definition) is 4. The number of thiazole rings is 1.